The fourth-order valence-electron chi connectivity index (χ4n) is 2.72. The number of aromatic nitrogens is 2. The lowest BCUT2D eigenvalue weighted by Gasteiger charge is -2.09. The Morgan fingerprint density at radius 1 is 1.16 bits per heavy atom. The van der Waals surface area contributed by atoms with Crippen molar-refractivity contribution in [1.82, 2.24) is 9.78 Å². The standard InChI is InChI=1S/C21H22N2O2/c1-3-4-12-25-19-10-11-20(16(2)13-19)21-17(15-24)14-23(22-21)18-8-6-5-7-9-18/h5-11,13-15H,3-4,12H2,1-2H3. The average molecular weight is 334 g/mol. The van der Waals surface area contributed by atoms with Gasteiger partial charge in [-0.25, -0.2) is 4.68 Å². The molecule has 0 saturated heterocycles. The van der Waals surface area contributed by atoms with Crippen molar-refractivity contribution in [2.24, 2.45) is 0 Å². The zero-order chi connectivity index (χ0) is 17.6. The highest BCUT2D eigenvalue weighted by atomic mass is 16.5. The smallest absolute Gasteiger partial charge is 0.153 e. The molecule has 1 heterocycles. The minimum absolute atomic E-state index is 0.576. The van der Waals surface area contributed by atoms with Crippen LogP contribution in [0.25, 0.3) is 16.9 Å². The molecule has 128 valence electrons. The highest BCUT2D eigenvalue weighted by molar-refractivity contribution is 5.86. The number of benzene rings is 2. The Labute approximate surface area is 148 Å². The molecule has 0 bridgehead atoms. The van der Waals surface area contributed by atoms with E-state index in [0.717, 1.165) is 48.3 Å². The summed E-state index contributed by atoms with van der Waals surface area (Å²) in [6.45, 7) is 4.87. The van der Waals surface area contributed by atoms with E-state index in [1.807, 2.05) is 55.5 Å². The molecule has 0 aliphatic heterocycles. The highest BCUT2D eigenvalue weighted by Crippen LogP contribution is 2.28. The van der Waals surface area contributed by atoms with E-state index in [9.17, 15) is 4.79 Å². The largest absolute Gasteiger partial charge is 0.494 e. The lowest BCUT2D eigenvalue weighted by molar-refractivity contribution is 0.112. The predicted octanol–water partition coefficient (Wildman–Crippen LogP) is 4.84. The van der Waals surface area contributed by atoms with Crippen LogP contribution in [0.3, 0.4) is 0 Å². The van der Waals surface area contributed by atoms with Gasteiger partial charge in [-0.1, -0.05) is 31.5 Å². The maximum absolute atomic E-state index is 11.5. The minimum atomic E-state index is 0.576. The first-order valence-corrected chi connectivity index (χ1v) is 8.57. The predicted molar refractivity (Wildman–Crippen MR) is 99.5 cm³/mol. The van der Waals surface area contributed by atoms with Crippen molar-refractivity contribution in [3.05, 3.63) is 65.9 Å². The number of para-hydroxylation sites is 1. The van der Waals surface area contributed by atoms with Crippen LogP contribution in [-0.2, 0) is 0 Å². The molecule has 0 amide bonds. The zero-order valence-electron chi connectivity index (χ0n) is 14.6. The van der Waals surface area contributed by atoms with Gasteiger partial charge >= 0.3 is 0 Å². The summed E-state index contributed by atoms with van der Waals surface area (Å²) in [4.78, 5) is 11.5. The first kappa shape index (κ1) is 17.0. The van der Waals surface area contributed by atoms with Gasteiger partial charge in [0.15, 0.2) is 6.29 Å². The van der Waals surface area contributed by atoms with Crippen molar-refractivity contribution in [2.45, 2.75) is 26.7 Å². The van der Waals surface area contributed by atoms with E-state index in [0.29, 0.717) is 11.3 Å². The van der Waals surface area contributed by atoms with Crippen LogP contribution >= 0.6 is 0 Å². The molecule has 0 fully saturated rings. The molecule has 4 heteroatoms. The summed E-state index contributed by atoms with van der Waals surface area (Å²) in [5.74, 6) is 0.852. The molecule has 4 nitrogen and oxygen atoms in total. The number of aryl methyl sites for hydroxylation is 1. The minimum Gasteiger partial charge on any atom is -0.494 e. The number of carbonyl (C=O) groups excluding carboxylic acids is 1. The molecule has 0 radical (unpaired) electrons. The lowest BCUT2D eigenvalue weighted by atomic mass is 10.0. The summed E-state index contributed by atoms with van der Waals surface area (Å²) in [7, 11) is 0. The Bertz CT molecular complexity index is 854. The molecule has 0 N–H and O–H groups in total. The van der Waals surface area contributed by atoms with E-state index in [1.54, 1.807) is 10.9 Å². The second kappa shape index (κ2) is 7.79. The van der Waals surface area contributed by atoms with Crippen LogP contribution in [0.2, 0.25) is 0 Å². The summed E-state index contributed by atoms with van der Waals surface area (Å²) in [6, 6.07) is 15.7. The number of aldehydes is 1. The van der Waals surface area contributed by atoms with Crippen LogP contribution in [0.4, 0.5) is 0 Å². The zero-order valence-corrected chi connectivity index (χ0v) is 14.6. The quantitative estimate of drug-likeness (QED) is 0.459. The van der Waals surface area contributed by atoms with Gasteiger partial charge < -0.3 is 4.74 Å². The summed E-state index contributed by atoms with van der Waals surface area (Å²) in [6.07, 6.45) is 4.77. The van der Waals surface area contributed by atoms with E-state index >= 15 is 0 Å². The molecular weight excluding hydrogens is 312 g/mol. The molecule has 0 aliphatic carbocycles. The number of nitrogens with zero attached hydrogens (tertiary/aromatic N) is 2. The van der Waals surface area contributed by atoms with Crippen LogP contribution in [0.5, 0.6) is 5.75 Å². The number of hydrogen-bond donors (Lipinski definition) is 0. The second-order valence-electron chi connectivity index (χ2n) is 6.01. The van der Waals surface area contributed by atoms with Crippen molar-refractivity contribution in [1.29, 1.82) is 0 Å². The van der Waals surface area contributed by atoms with Gasteiger partial charge in [0.2, 0.25) is 0 Å². The van der Waals surface area contributed by atoms with Gasteiger partial charge in [-0.3, -0.25) is 4.79 Å². The maximum atomic E-state index is 11.5. The molecule has 25 heavy (non-hydrogen) atoms. The van der Waals surface area contributed by atoms with E-state index in [1.165, 1.54) is 0 Å². The number of ether oxygens (including phenoxy) is 1. The average Bonchev–Trinajstić information content (AvgIpc) is 3.07. The first-order chi connectivity index (χ1) is 12.2. The normalized spacial score (nSPS) is 10.6. The number of rotatable bonds is 7. The Kier molecular flexibility index (Phi) is 5.29. The molecule has 3 rings (SSSR count). The second-order valence-corrected chi connectivity index (χ2v) is 6.01. The van der Waals surface area contributed by atoms with Crippen molar-refractivity contribution in [2.75, 3.05) is 6.61 Å². The monoisotopic (exact) mass is 334 g/mol. The third-order valence-corrected chi connectivity index (χ3v) is 4.11. The third kappa shape index (κ3) is 3.79. The van der Waals surface area contributed by atoms with Crippen LogP contribution in [0.1, 0.15) is 35.7 Å². The summed E-state index contributed by atoms with van der Waals surface area (Å²) in [5.41, 5.74) is 4.17. The maximum Gasteiger partial charge on any atom is 0.153 e. The van der Waals surface area contributed by atoms with Gasteiger partial charge in [0, 0.05) is 11.8 Å². The molecule has 0 atom stereocenters. The van der Waals surface area contributed by atoms with Gasteiger partial charge in [-0.15, -0.1) is 0 Å². The summed E-state index contributed by atoms with van der Waals surface area (Å²) < 4.78 is 7.49. The van der Waals surface area contributed by atoms with Gasteiger partial charge in [-0.05, 0) is 49.2 Å². The SMILES string of the molecule is CCCCOc1ccc(-c2nn(-c3ccccc3)cc2C=O)c(C)c1. The topological polar surface area (TPSA) is 44.1 Å². The molecular formula is C21H22N2O2. The van der Waals surface area contributed by atoms with Crippen LogP contribution in [0, 0.1) is 6.92 Å². The highest BCUT2D eigenvalue weighted by Gasteiger charge is 2.14. The Morgan fingerprint density at radius 2 is 1.96 bits per heavy atom. The first-order valence-electron chi connectivity index (χ1n) is 8.57. The Hall–Kier alpha value is -2.88. The van der Waals surface area contributed by atoms with Gasteiger partial charge in [0.1, 0.15) is 11.4 Å². The van der Waals surface area contributed by atoms with Crippen molar-refractivity contribution < 1.29 is 9.53 Å². The molecule has 0 unspecified atom stereocenters. The summed E-state index contributed by atoms with van der Waals surface area (Å²) in [5, 5.41) is 4.63. The lowest BCUT2D eigenvalue weighted by Crippen LogP contribution is -1.98. The molecule has 0 saturated carbocycles. The van der Waals surface area contributed by atoms with E-state index in [-0.39, 0.29) is 0 Å². The van der Waals surface area contributed by atoms with Crippen LogP contribution < -0.4 is 4.74 Å². The van der Waals surface area contributed by atoms with Crippen molar-refractivity contribution in [3.8, 4) is 22.7 Å². The van der Waals surface area contributed by atoms with Gasteiger partial charge in [-0.2, -0.15) is 5.10 Å². The Morgan fingerprint density at radius 3 is 2.64 bits per heavy atom. The van der Waals surface area contributed by atoms with E-state index < -0.39 is 0 Å². The number of hydrogen-bond acceptors (Lipinski definition) is 3. The molecule has 1 aromatic heterocycles. The number of unbranched alkanes of at least 4 members (excludes halogenated alkanes) is 1. The Balaban J connectivity index is 1.93. The van der Waals surface area contributed by atoms with Gasteiger partial charge in [0.25, 0.3) is 0 Å². The fraction of sp³-hybridized carbons (Fsp3) is 0.238. The molecule has 2 aromatic carbocycles. The van der Waals surface area contributed by atoms with E-state index in [4.69, 9.17) is 4.74 Å². The third-order valence-electron chi connectivity index (χ3n) is 4.11. The molecule has 0 aliphatic rings. The van der Waals surface area contributed by atoms with Crippen LogP contribution in [-0.4, -0.2) is 22.7 Å². The van der Waals surface area contributed by atoms with Crippen molar-refractivity contribution in [3.63, 3.8) is 0 Å². The van der Waals surface area contributed by atoms with E-state index in [2.05, 4.69) is 12.0 Å². The molecule has 3 aromatic rings. The van der Waals surface area contributed by atoms with Crippen molar-refractivity contribution >= 4 is 6.29 Å². The van der Waals surface area contributed by atoms with Gasteiger partial charge in [0.05, 0.1) is 17.9 Å². The molecule has 0 spiro atoms. The van der Waals surface area contributed by atoms with Crippen LogP contribution in [0.15, 0.2) is 54.7 Å². The number of carbonyl (C=O) groups is 1. The summed E-state index contributed by atoms with van der Waals surface area (Å²) >= 11 is 0. The fourth-order valence-corrected chi connectivity index (χ4v) is 2.72.